The highest BCUT2D eigenvalue weighted by molar-refractivity contribution is 5.99. The molecule has 1 N–H and O–H groups in total. The highest BCUT2D eigenvalue weighted by Crippen LogP contribution is 2.29. The molecule has 1 aliphatic rings. The van der Waals surface area contributed by atoms with Crippen molar-refractivity contribution in [1.82, 2.24) is 14.5 Å². The number of hydrogen-bond acceptors (Lipinski definition) is 2. The molecule has 0 radical (unpaired) electrons. The standard InChI is InChI=1S/C22H25N3O2/c1-14-15(2)23-20-5-4-18(12-19(14)20)22(27)25-10-7-16(8-11-25)17-6-9-24(3)21(26)13-17/h4-6,9,12-13,16,23H,7-8,10-11H2,1-3H3. The highest BCUT2D eigenvalue weighted by Gasteiger charge is 2.25. The quantitative estimate of drug-likeness (QED) is 0.757. The van der Waals surface area contributed by atoms with Crippen molar-refractivity contribution < 1.29 is 4.79 Å². The van der Waals surface area contributed by atoms with Crippen LogP contribution in [-0.4, -0.2) is 33.4 Å². The summed E-state index contributed by atoms with van der Waals surface area (Å²) in [6.07, 6.45) is 3.61. The summed E-state index contributed by atoms with van der Waals surface area (Å²) in [7, 11) is 1.76. The summed E-state index contributed by atoms with van der Waals surface area (Å²) < 4.78 is 1.59. The van der Waals surface area contributed by atoms with E-state index in [0.29, 0.717) is 5.92 Å². The Kier molecular flexibility index (Phi) is 4.38. The molecule has 140 valence electrons. The number of rotatable bonds is 2. The zero-order valence-electron chi connectivity index (χ0n) is 16.1. The summed E-state index contributed by atoms with van der Waals surface area (Å²) >= 11 is 0. The predicted octanol–water partition coefficient (Wildman–Crippen LogP) is 3.50. The third-order valence-corrected chi connectivity index (χ3v) is 5.94. The van der Waals surface area contributed by atoms with Gasteiger partial charge in [-0.05, 0) is 68.0 Å². The first-order chi connectivity index (χ1) is 12.9. The maximum absolute atomic E-state index is 13.0. The van der Waals surface area contributed by atoms with Crippen LogP contribution in [0.15, 0.2) is 41.3 Å². The molecule has 0 saturated carbocycles. The Hall–Kier alpha value is -2.82. The smallest absolute Gasteiger partial charge is 0.253 e. The molecule has 1 amide bonds. The monoisotopic (exact) mass is 363 g/mol. The number of carbonyl (C=O) groups is 1. The zero-order chi connectivity index (χ0) is 19.1. The second-order valence-corrected chi connectivity index (χ2v) is 7.61. The van der Waals surface area contributed by atoms with E-state index >= 15 is 0 Å². The highest BCUT2D eigenvalue weighted by atomic mass is 16.2. The number of aromatic nitrogens is 2. The Labute approximate surface area is 158 Å². The topological polar surface area (TPSA) is 58.1 Å². The Balaban J connectivity index is 1.49. The SMILES string of the molecule is Cc1[nH]c2ccc(C(=O)N3CCC(c4ccn(C)c(=O)c4)CC3)cc2c1C. The van der Waals surface area contributed by atoms with Crippen LogP contribution in [0.1, 0.15) is 45.9 Å². The number of piperidine rings is 1. The van der Waals surface area contributed by atoms with Gasteiger partial charge in [-0.15, -0.1) is 0 Å². The van der Waals surface area contributed by atoms with E-state index in [1.165, 1.54) is 5.56 Å². The van der Waals surface area contributed by atoms with Crippen molar-refractivity contribution in [1.29, 1.82) is 0 Å². The van der Waals surface area contributed by atoms with E-state index in [2.05, 4.69) is 18.8 Å². The van der Waals surface area contributed by atoms with Crippen LogP contribution >= 0.6 is 0 Å². The first kappa shape index (κ1) is 17.6. The van der Waals surface area contributed by atoms with Crippen LogP contribution in [0.2, 0.25) is 0 Å². The lowest BCUT2D eigenvalue weighted by Gasteiger charge is -2.32. The van der Waals surface area contributed by atoms with E-state index in [0.717, 1.165) is 53.7 Å². The second kappa shape index (κ2) is 6.72. The van der Waals surface area contributed by atoms with E-state index in [-0.39, 0.29) is 11.5 Å². The molecule has 27 heavy (non-hydrogen) atoms. The van der Waals surface area contributed by atoms with Gasteiger partial charge in [0, 0.05) is 54.6 Å². The van der Waals surface area contributed by atoms with Crippen LogP contribution in [0.5, 0.6) is 0 Å². The summed E-state index contributed by atoms with van der Waals surface area (Å²) in [5.74, 6) is 0.442. The predicted molar refractivity (Wildman–Crippen MR) is 107 cm³/mol. The molecular weight excluding hydrogens is 338 g/mol. The van der Waals surface area contributed by atoms with Crippen molar-refractivity contribution in [2.75, 3.05) is 13.1 Å². The Morgan fingerprint density at radius 3 is 2.56 bits per heavy atom. The Bertz CT molecular complexity index is 1070. The lowest BCUT2D eigenvalue weighted by atomic mass is 9.90. The number of aromatic amines is 1. The Morgan fingerprint density at radius 1 is 1.11 bits per heavy atom. The molecule has 0 unspecified atom stereocenters. The third kappa shape index (κ3) is 3.18. The molecule has 1 aromatic carbocycles. The number of pyridine rings is 1. The molecule has 1 saturated heterocycles. The number of nitrogens with one attached hydrogen (secondary N) is 1. The third-order valence-electron chi connectivity index (χ3n) is 5.94. The minimum atomic E-state index is 0.0245. The number of likely N-dealkylation sites (tertiary alicyclic amines) is 1. The molecular formula is C22H25N3O2. The van der Waals surface area contributed by atoms with Crippen molar-refractivity contribution in [3.05, 3.63) is 69.3 Å². The summed E-state index contributed by atoms with van der Waals surface area (Å²) in [6, 6.07) is 9.66. The van der Waals surface area contributed by atoms with Gasteiger partial charge in [-0.1, -0.05) is 0 Å². The van der Waals surface area contributed by atoms with Gasteiger partial charge in [0.25, 0.3) is 11.5 Å². The van der Waals surface area contributed by atoms with Crippen molar-refractivity contribution in [3.8, 4) is 0 Å². The van der Waals surface area contributed by atoms with E-state index in [1.54, 1.807) is 17.7 Å². The molecule has 3 heterocycles. The van der Waals surface area contributed by atoms with Gasteiger partial charge >= 0.3 is 0 Å². The normalized spacial score (nSPS) is 15.4. The van der Waals surface area contributed by atoms with E-state index in [1.807, 2.05) is 35.4 Å². The van der Waals surface area contributed by atoms with Crippen molar-refractivity contribution in [2.45, 2.75) is 32.6 Å². The molecule has 0 bridgehead atoms. The summed E-state index contributed by atoms with van der Waals surface area (Å²) in [5.41, 5.74) is 5.28. The number of aryl methyl sites for hydroxylation is 3. The van der Waals surface area contributed by atoms with Gasteiger partial charge in [0.15, 0.2) is 0 Å². The summed E-state index contributed by atoms with van der Waals surface area (Å²) in [6.45, 7) is 5.58. The molecule has 1 aliphatic heterocycles. The fourth-order valence-corrected chi connectivity index (χ4v) is 4.01. The molecule has 3 aromatic rings. The fraction of sp³-hybridized carbons (Fsp3) is 0.364. The summed E-state index contributed by atoms with van der Waals surface area (Å²) in [5, 5.41) is 1.12. The van der Waals surface area contributed by atoms with Crippen LogP contribution in [0, 0.1) is 13.8 Å². The maximum atomic E-state index is 13.0. The number of amides is 1. The molecule has 0 spiro atoms. The summed E-state index contributed by atoms with van der Waals surface area (Å²) in [4.78, 5) is 30.1. The van der Waals surface area contributed by atoms with Crippen LogP contribution < -0.4 is 5.56 Å². The van der Waals surface area contributed by atoms with E-state index in [4.69, 9.17) is 0 Å². The van der Waals surface area contributed by atoms with Gasteiger partial charge < -0.3 is 14.5 Å². The van der Waals surface area contributed by atoms with Gasteiger partial charge in [0.2, 0.25) is 0 Å². The minimum absolute atomic E-state index is 0.0245. The molecule has 5 heteroatoms. The van der Waals surface area contributed by atoms with Gasteiger partial charge in [0.05, 0.1) is 0 Å². The number of nitrogens with zero attached hydrogens (tertiary/aromatic N) is 2. The van der Waals surface area contributed by atoms with Gasteiger partial charge in [-0.2, -0.15) is 0 Å². The second-order valence-electron chi connectivity index (χ2n) is 7.61. The number of H-pyrrole nitrogens is 1. The number of fused-ring (bicyclic) bond motifs is 1. The van der Waals surface area contributed by atoms with E-state index in [9.17, 15) is 9.59 Å². The van der Waals surface area contributed by atoms with Gasteiger partial charge in [-0.3, -0.25) is 9.59 Å². The number of benzene rings is 1. The lowest BCUT2D eigenvalue weighted by Crippen LogP contribution is -2.38. The van der Waals surface area contributed by atoms with Crippen molar-refractivity contribution in [3.63, 3.8) is 0 Å². The molecule has 0 aliphatic carbocycles. The zero-order valence-corrected chi connectivity index (χ0v) is 16.1. The average molecular weight is 363 g/mol. The molecule has 2 aromatic heterocycles. The molecule has 4 rings (SSSR count). The Morgan fingerprint density at radius 2 is 1.85 bits per heavy atom. The fourth-order valence-electron chi connectivity index (χ4n) is 4.01. The first-order valence-corrected chi connectivity index (χ1v) is 9.49. The maximum Gasteiger partial charge on any atom is 0.253 e. The van der Waals surface area contributed by atoms with Crippen LogP contribution in [0.3, 0.4) is 0 Å². The van der Waals surface area contributed by atoms with Crippen molar-refractivity contribution in [2.24, 2.45) is 7.05 Å². The number of hydrogen-bond donors (Lipinski definition) is 1. The molecule has 1 fully saturated rings. The van der Waals surface area contributed by atoms with Crippen LogP contribution in [0.25, 0.3) is 10.9 Å². The van der Waals surface area contributed by atoms with Crippen LogP contribution in [-0.2, 0) is 7.05 Å². The molecule has 5 nitrogen and oxygen atoms in total. The average Bonchev–Trinajstić information content (AvgIpc) is 2.97. The van der Waals surface area contributed by atoms with E-state index < -0.39 is 0 Å². The largest absolute Gasteiger partial charge is 0.358 e. The minimum Gasteiger partial charge on any atom is -0.358 e. The molecule has 0 atom stereocenters. The van der Waals surface area contributed by atoms with Crippen molar-refractivity contribution >= 4 is 16.8 Å². The lowest BCUT2D eigenvalue weighted by molar-refractivity contribution is 0.0713. The van der Waals surface area contributed by atoms with Gasteiger partial charge in [-0.25, -0.2) is 0 Å². The number of carbonyl (C=O) groups excluding carboxylic acids is 1. The first-order valence-electron chi connectivity index (χ1n) is 9.49. The van der Waals surface area contributed by atoms with Gasteiger partial charge in [0.1, 0.15) is 0 Å². The van der Waals surface area contributed by atoms with Crippen LogP contribution in [0.4, 0.5) is 0 Å².